The van der Waals surface area contributed by atoms with Gasteiger partial charge in [0, 0.05) is 0 Å². The van der Waals surface area contributed by atoms with Crippen LogP contribution in [0.2, 0.25) is 0 Å². The number of nitrogens with one attached hydrogen (secondary N) is 1. The number of amides is 1. The lowest BCUT2D eigenvalue weighted by molar-refractivity contribution is -0.137. The SMILES string of the molecule is COC(=O)CSc1nnc(NC(=O)c2nn(-c3ccc(F)cc3)cc2OC)s1. The molecule has 1 aromatic carbocycles. The first-order valence-corrected chi connectivity index (χ1v) is 9.54. The molecule has 146 valence electrons. The van der Waals surface area contributed by atoms with Crippen molar-refractivity contribution in [3.8, 4) is 11.4 Å². The van der Waals surface area contributed by atoms with Gasteiger partial charge in [0.15, 0.2) is 15.8 Å². The summed E-state index contributed by atoms with van der Waals surface area (Å²) in [6.07, 6.45) is 1.51. The van der Waals surface area contributed by atoms with Gasteiger partial charge in [0.2, 0.25) is 5.13 Å². The lowest BCUT2D eigenvalue weighted by atomic mass is 10.3. The Hall–Kier alpha value is -2.99. The average molecular weight is 423 g/mol. The number of hydrogen-bond donors (Lipinski definition) is 1. The molecule has 0 atom stereocenters. The molecule has 0 aliphatic rings. The molecule has 0 radical (unpaired) electrons. The van der Waals surface area contributed by atoms with Crippen molar-refractivity contribution in [2.45, 2.75) is 4.34 Å². The van der Waals surface area contributed by atoms with Gasteiger partial charge in [-0.25, -0.2) is 9.07 Å². The highest BCUT2D eigenvalue weighted by atomic mass is 32.2. The molecule has 0 saturated heterocycles. The summed E-state index contributed by atoms with van der Waals surface area (Å²) in [5.74, 6) is -0.973. The Morgan fingerprint density at radius 2 is 2.00 bits per heavy atom. The number of carbonyl (C=O) groups is 2. The third kappa shape index (κ3) is 4.64. The Bertz CT molecular complexity index is 989. The number of aromatic nitrogens is 4. The molecule has 12 heteroatoms. The van der Waals surface area contributed by atoms with E-state index in [4.69, 9.17) is 4.74 Å². The number of benzene rings is 1. The molecule has 28 heavy (non-hydrogen) atoms. The molecule has 0 aliphatic carbocycles. The number of nitrogens with zero attached hydrogens (tertiary/aromatic N) is 4. The third-order valence-corrected chi connectivity index (χ3v) is 5.32. The molecule has 0 fully saturated rings. The van der Waals surface area contributed by atoms with E-state index in [1.807, 2.05) is 0 Å². The van der Waals surface area contributed by atoms with Crippen molar-refractivity contribution in [1.29, 1.82) is 0 Å². The second kappa shape index (κ2) is 8.80. The van der Waals surface area contributed by atoms with E-state index in [1.54, 1.807) is 0 Å². The van der Waals surface area contributed by atoms with Crippen LogP contribution in [0.15, 0.2) is 34.8 Å². The van der Waals surface area contributed by atoms with E-state index in [0.29, 0.717) is 10.0 Å². The van der Waals surface area contributed by atoms with E-state index in [0.717, 1.165) is 23.1 Å². The number of esters is 1. The minimum absolute atomic E-state index is 0.0331. The van der Waals surface area contributed by atoms with Gasteiger partial charge in [0.25, 0.3) is 5.91 Å². The highest BCUT2D eigenvalue weighted by molar-refractivity contribution is 8.01. The Labute approximate surface area is 166 Å². The van der Waals surface area contributed by atoms with Crippen LogP contribution in [0.5, 0.6) is 5.75 Å². The van der Waals surface area contributed by atoms with Crippen LogP contribution >= 0.6 is 23.1 Å². The maximum absolute atomic E-state index is 13.1. The minimum Gasteiger partial charge on any atom is -0.493 e. The van der Waals surface area contributed by atoms with Crippen molar-refractivity contribution in [2.24, 2.45) is 0 Å². The first kappa shape index (κ1) is 19.8. The Morgan fingerprint density at radius 3 is 2.68 bits per heavy atom. The van der Waals surface area contributed by atoms with E-state index < -0.39 is 5.91 Å². The van der Waals surface area contributed by atoms with Gasteiger partial charge in [-0.1, -0.05) is 23.1 Å². The fraction of sp³-hybridized carbons (Fsp3) is 0.188. The van der Waals surface area contributed by atoms with Crippen molar-refractivity contribution in [2.75, 3.05) is 25.3 Å². The van der Waals surface area contributed by atoms with Crippen LogP contribution in [0.4, 0.5) is 9.52 Å². The zero-order valence-corrected chi connectivity index (χ0v) is 16.3. The molecule has 0 bridgehead atoms. The van der Waals surface area contributed by atoms with Gasteiger partial charge in [0.1, 0.15) is 5.82 Å². The maximum atomic E-state index is 13.1. The van der Waals surface area contributed by atoms with E-state index in [2.05, 4.69) is 25.3 Å². The predicted molar refractivity (Wildman–Crippen MR) is 101 cm³/mol. The normalized spacial score (nSPS) is 10.5. The average Bonchev–Trinajstić information content (AvgIpc) is 3.33. The van der Waals surface area contributed by atoms with Gasteiger partial charge in [-0.15, -0.1) is 10.2 Å². The molecule has 0 unspecified atom stereocenters. The molecule has 2 heterocycles. The number of halogens is 1. The van der Waals surface area contributed by atoms with Crippen molar-refractivity contribution in [3.63, 3.8) is 0 Å². The number of hydrogen-bond acceptors (Lipinski definition) is 9. The number of rotatable bonds is 7. The van der Waals surface area contributed by atoms with E-state index in [1.165, 1.54) is 49.4 Å². The fourth-order valence-electron chi connectivity index (χ4n) is 2.05. The lowest BCUT2D eigenvalue weighted by Crippen LogP contribution is -2.14. The quantitative estimate of drug-likeness (QED) is 0.351. The molecule has 9 nitrogen and oxygen atoms in total. The van der Waals surface area contributed by atoms with Crippen LogP contribution in [0.25, 0.3) is 5.69 Å². The molecule has 1 N–H and O–H groups in total. The van der Waals surface area contributed by atoms with Crippen LogP contribution < -0.4 is 10.1 Å². The molecular weight excluding hydrogens is 409 g/mol. The zero-order chi connectivity index (χ0) is 20.1. The summed E-state index contributed by atoms with van der Waals surface area (Å²) in [5.41, 5.74) is 0.599. The maximum Gasteiger partial charge on any atom is 0.316 e. The molecule has 3 aromatic rings. The van der Waals surface area contributed by atoms with Crippen molar-refractivity contribution in [3.05, 3.63) is 42.0 Å². The van der Waals surface area contributed by atoms with Crippen molar-refractivity contribution < 1.29 is 23.5 Å². The molecule has 0 saturated carbocycles. The standard InChI is InChI=1S/C16H14FN5O4S2/c1-25-11-7-22(10-5-3-9(17)4-6-10)21-13(11)14(24)18-15-19-20-16(28-15)27-8-12(23)26-2/h3-7H,8H2,1-2H3,(H,18,19,24). The van der Waals surface area contributed by atoms with Crippen LogP contribution in [-0.4, -0.2) is 51.8 Å². The third-order valence-electron chi connectivity index (χ3n) is 3.37. The topological polar surface area (TPSA) is 108 Å². The van der Waals surface area contributed by atoms with Gasteiger partial charge in [-0.3, -0.25) is 14.9 Å². The van der Waals surface area contributed by atoms with Gasteiger partial charge >= 0.3 is 5.97 Å². The first-order chi connectivity index (χ1) is 13.5. The second-order valence-electron chi connectivity index (χ2n) is 5.16. The largest absolute Gasteiger partial charge is 0.493 e. The number of carbonyl (C=O) groups excluding carboxylic acids is 2. The fourth-order valence-corrected chi connectivity index (χ4v) is 3.62. The number of anilines is 1. The van der Waals surface area contributed by atoms with Gasteiger partial charge < -0.3 is 9.47 Å². The molecule has 0 aliphatic heterocycles. The Balaban J connectivity index is 1.73. The van der Waals surface area contributed by atoms with Gasteiger partial charge in [-0.05, 0) is 24.3 Å². The Kier molecular flexibility index (Phi) is 6.21. The van der Waals surface area contributed by atoms with E-state index in [9.17, 15) is 14.0 Å². The number of ether oxygens (including phenoxy) is 2. The summed E-state index contributed by atoms with van der Waals surface area (Å²) in [6.45, 7) is 0. The smallest absolute Gasteiger partial charge is 0.316 e. The summed E-state index contributed by atoms with van der Waals surface area (Å²) >= 11 is 2.26. The molecule has 0 spiro atoms. The first-order valence-electron chi connectivity index (χ1n) is 7.74. The van der Waals surface area contributed by atoms with Gasteiger partial charge in [-0.2, -0.15) is 5.10 Å². The summed E-state index contributed by atoms with van der Waals surface area (Å²) in [7, 11) is 2.71. The van der Waals surface area contributed by atoms with E-state index in [-0.39, 0.29) is 34.1 Å². The van der Waals surface area contributed by atoms with Crippen LogP contribution in [-0.2, 0) is 9.53 Å². The summed E-state index contributed by atoms with van der Waals surface area (Å²) in [4.78, 5) is 23.7. The number of methoxy groups -OCH3 is 2. The van der Waals surface area contributed by atoms with Crippen molar-refractivity contribution in [1.82, 2.24) is 20.0 Å². The molecular formula is C16H14FN5O4S2. The summed E-state index contributed by atoms with van der Waals surface area (Å²) in [6, 6.07) is 5.63. The predicted octanol–water partition coefficient (Wildman–Crippen LogP) is 2.39. The zero-order valence-electron chi connectivity index (χ0n) is 14.7. The van der Waals surface area contributed by atoms with Crippen LogP contribution in [0.3, 0.4) is 0 Å². The molecule has 2 aromatic heterocycles. The van der Waals surface area contributed by atoms with Crippen molar-refractivity contribution >= 4 is 40.1 Å². The highest BCUT2D eigenvalue weighted by Gasteiger charge is 2.20. The van der Waals surface area contributed by atoms with Crippen LogP contribution in [0.1, 0.15) is 10.5 Å². The number of thioether (sulfide) groups is 1. The minimum atomic E-state index is -0.543. The highest BCUT2D eigenvalue weighted by Crippen LogP contribution is 2.27. The van der Waals surface area contributed by atoms with E-state index >= 15 is 0 Å². The molecule has 1 amide bonds. The summed E-state index contributed by atoms with van der Waals surface area (Å²) < 4.78 is 24.8. The molecule has 3 rings (SSSR count). The second-order valence-corrected chi connectivity index (χ2v) is 7.36. The van der Waals surface area contributed by atoms with Crippen LogP contribution in [0, 0.1) is 5.82 Å². The Morgan fingerprint density at radius 1 is 1.25 bits per heavy atom. The monoisotopic (exact) mass is 423 g/mol. The summed E-state index contributed by atoms with van der Waals surface area (Å²) in [5, 5.41) is 14.8. The lowest BCUT2D eigenvalue weighted by Gasteiger charge is -2.00. The van der Waals surface area contributed by atoms with Gasteiger partial charge in [0.05, 0.1) is 31.9 Å².